The molecule has 9 heteroatoms. The van der Waals surface area contributed by atoms with E-state index in [-0.39, 0.29) is 0 Å². The van der Waals surface area contributed by atoms with Crippen LogP contribution in [0.5, 0.6) is 5.75 Å². The highest BCUT2D eigenvalue weighted by Crippen LogP contribution is 2.26. The van der Waals surface area contributed by atoms with Crippen LogP contribution < -0.4 is 10.5 Å². The molecule has 0 saturated heterocycles. The standard InChI is InChI=1S/C30H35ClN4O4/c1-20-24-12-11-23(17-27(24)35(33-20)29(37)39-30(2,3)4)38-15-14-34(18-21-8-6-5-7-9-21)19-28(36)22-10-13-25(31)26(32)16-22/h5-13,16-17,28,36H,14-15,18-19,32H2,1-4H3/t28-/m0/s1. The molecule has 39 heavy (non-hydrogen) atoms. The average Bonchev–Trinajstić information content (AvgIpc) is 3.21. The number of anilines is 1. The number of hydrogen-bond acceptors (Lipinski definition) is 7. The van der Waals surface area contributed by atoms with Crippen LogP contribution in [0, 0.1) is 6.92 Å². The largest absolute Gasteiger partial charge is 0.492 e. The van der Waals surface area contributed by atoms with E-state index in [9.17, 15) is 9.90 Å². The van der Waals surface area contributed by atoms with Crippen molar-refractivity contribution in [3.63, 3.8) is 0 Å². The summed E-state index contributed by atoms with van der Waals surface area (Å²) in [6, 6.07) is 20.8. The fourth-order valence-corrected chi connectivity index (χ4v) is 4.39. The molecule has 0 bridgehead atoms. The first-order valence-electron chi connectivity index (χ1n) is 12.8. The van der Waals surface area contributed by atoms with Crippen LogP contribution >= 0.6 is 11.6 Å². The Bertz CT molecular complexity index is 1430. The van der Waals surface area contributed by atoms with E-state index in [1.807, 2.05) is 58.0 Å². The van der Waals surface area contributed by atoms with Crippen molar-refractivity contribution < 1.29 is 19.4 Å². The molecule has 3 aromatic carbocycles. The molecule has 0 fully saturated rings. The van der Waals surface area contributed by atoms with Crippen molar-refractivity contribution in [2.75, 3.05) is 25.4 Å². The Kier molecular flexibility index (Phi) is 8.80. The van der Waals surface area contributed by atoms with Gasteiger partial charge in [0.2, 0.25) is 0 Å². The molecule has 0 unspecified atom stereocenters. The predicted molar refractivity (Wildman–Crippen MR) is 154 cm³/mol. The molecule has 0 aliphatic heterocycles. The molecule has 0 saturated carbocycles. The van der Waals surface area contributed by atoms with Gasteiger partial charge in [0.1, 0.15) is 18.0 Å². The molecule has 206 valence electrons. The normalized spacial score (nSPS) is 12.6. The van der Waals surface area contributed by atoms with Gasteiger partial charge in [-0.05, 0) is 63.1 Å². The summed E-state index contributed by atoms with van der Waals surface area (Å²) in [6.45, 7) is 9.24. The zero-order valence-corrected chi connectivity index (χ0v) is 23.5. The van der Waals surface area contributed by atoms with E-state index < -0.39 is 17.8 Å². The van der Waals surface area contributed by atoms with Gasteiger partial charge in [-0.25, -0.2) is 4.79 Å². The average molecular weight is 551 g/mol. The van der Waals surface area contributed by atoms with Gasteiger partial charge in [0.15, 0.2) is 0 Å². The molecular weight excluding hydrogens is 516 g/mol. The molecule has 0 amide bonds. The molecule has 1 aromatic heterocycles. The third-order valence-corrected chi connectivity index (χ3v) is 6.51. The zero-order valence-electron chi connectivity index (χ0n) is 22.7. The number of carbonyl (C=O) groups excluding carboxylic acids is 1. The number of nitrogens with zero attached hydrogens (tertiary/aromatic N) is 3. The number of halogens is 1. The molecule has 8 nitrogen and oxygen atoms in total. The number of aliphatic hydroxyl groups is 1. The van der Waals surface area contributed by atoms with E-state index in [0.29, 0.717) is 53.8 Å². The maximum absolute atomic E-state index is 12.7. The van der Waals surface area contributed by atoms with Gasteiger partial charge in [-0.3, -0.25) is 4.90 Å². The number of rotatable bonds is 9. The van der Waals surface area contributed by atoms with Crippen molar-refractivity contribution >= 4 is 34.3 Å². The zero-order chi connectivity index (χ0) is 28.2. The van der Waals surface area contributed by atoms with Gasteiger partial charge in [-0.15, -0.1) is 0 Å². The van der Waals surface area contributed by atoms with E-state index in [4.69, 9.17) is 26.8 Å². The number of aromatic nitrogens is 2. The molecule has 0 aliphatic rings. The molecule has 3 N–H and O–H groups in total. The summed E-state index contributed by atoms with van der Waals surface area (Å²) >= 11 is 6.05. The van der Waals surface area contributed by atoms with Crippen LogP contribution in [0.4, 0.5) is 10.5 Å². The summed E-state index contributed by atoms with van der Waals surface area (Å²) in [6.07, 6.45) is -1.29. The number of ether oxygens (including phenoxy) is 2. The van der Waals surface area contributed by atoms with Gasteiger partial charge >= 0.3 is 6.09 Å². The minimum absolute atomic E-state index is 0.368. The molecular formula is C30H35ClN4O4. The quantitative estimate of drug-likeness (QED) is 0.247. The van der Waals surface area contributed by atoms with Crippen molar-refractivity contribution in [1.29, 1.82) is 0 Å². The highest BCUT2D eigenvalue weighted by Gasteiger charge is 2.22. The van der Waals surface area contributed by atoms with Crippen LogP contribution in [0.2, 0.25) is 5.02 Å². The minimum Gasteiger partial charge on any atom is -0.492 e. The SMILES string of the molecule is Cc1nn(C(=O)OC(C)(C)C)c2cc(OCCN(Cc3ccccc3)C[C@H](O)c3ccc(Cl)c(N)c3)ccc12. The number of carbonyl (C=O) groups is 1. The van der Waals surface area contributed by atoms with Gasteiger partial charge in [0, 0.05) is 31.1 Å². The lowest BCUT2D eigenvalue weighted by molar-refractivity contribution is 0.0522. The van der Waals surface area contributed by atoms with Gasteiger partial charge in [0.25, 0.3) is 0 Å². The predicted octanol–water partition coefficient (Wildman–Crippen LogP) is 5.98. The Hall–Kier alpha value is -3.59. The maximum Gasteiger partial charge on any atom is 0.435 e. The molecule has 0 spiro atoms. The summed E-state index contributed by atoms with van der Waals surface area (Å²) < 4.78 is 12.9. The maximum atomic E-state index is 12.7. The lowest BCUT2D eigenvalue weighted by Crippen LogP contribution is -2.32. The summed E-state index contributed by atoms with van der Waals surface area (Å²) in [4.78, 5) is 14.9. The monoisotopic (exact) mass is 550 g/mol. The van der Waals surface area contributed by atoms with Gasteiger partial charge in [0.05, 0.1) is 28.0 Å². The third kappa shape index (κ3) is 7.50. The fourth-order valence-electron chi connectivity index (χ4n) is 4.27. The number of nitrogens with two attached hydrogens (primary N) is 1. The van der Waals surface area contributed by atoms with E-state index >= 15 is 0 Å². The number of nitrogen functional groups attached to an aromatic ring is 1. The van der Waals surface area contributed by atoms with Crippen LogP contribution in [0.3, 0.4) is 0 Å². The Balaban J connectivity index is 1.47. The van der Waals surface area contributed by atoms with Crippen LogP contribution in [0.25, 0.3) is 10.9 Å². The first-order chi connectivity index (χ1) is 18.5. The topological polar surface area (TPSA) is 103 Å². The minimum atomic E-state index is -0.754. The summed E-state index contributed by atoms with van der Waals surface area (Å²) in [7, 11) is 0. The number of aliphatic hydroxyl groups excluding tert-OH is 1. The molecule has 1 atom stereocenters. The van der Waals surface area contributed by atoms with Crippen molar-refractivity contribution in [2.24, 2.45) is 0 Å². The summed E-state index contributed by atoms with van der Waals surface area (Å²) in [5.74, 6) is 0.609. The van der Waals surface area contributed by atoms with E-state index in [1.54, 1.807) is 24.3 Å². The summed E-state index contributed by atoms with van der Waals surface area (Å²) in [5.41, 5.74) is 8.92. The highest BCUT2D eigenvalue weighted by molar-refractivity contribution is 6.33. The van der Waals surface area contributed by atoms with Crippen LogP contribution in [-0.4, -0.2) is 51.2 Å². The second-order valence-electron chi connectivity index (χ2n) is 10.5. The number of hydrogen-bond donors (Lipinski definition) is 2. The first kappa shape index (κ1) is 28.4. The molecule has 0 aliphatic carbocycles. The smallest absolute Gasteiger partial charge is 0.435 e. The summed E-state index contributed by atoms with van der Waals surface area (Å²) in [5, 5.41) is 16.6. The Morgan fingerprint density at radius 2 is 1.87 bits per heavy atom. The number of benzene rings is 3. The van der Waals surface area contributed by atoms with Crippen LogP contribution in [0.1, 0.15) is 43.7 Å². The number of aryl methyl sites for hydroxylation is 1. The van der Waals surface area contributed by atoms with E-state index in [2.05, 4.69) is 22.1 Å². The van der Waals surface area contributed by atoms with Gasteiger partial charge in [-0.1, -0.05) is 48.0 Å². The van der Waals surface area contributed by atoms with Gasteiger partial charge < -0.3 is 20.3 Å². The molecule has 1 heterocycles. The Morgan fingerprint density at radius 1 is 1.13 bits per heavy atom. The lowest BCUT2D eigenvalue weighted by atomic mass is 10.1. The highest BCUT2D eigenvalue weighted by atomic mass is 35.5. The molecule has 4 aromatic rings. The van der Waals surface area contributed by atoms with Crippen molar-refractivity contribution in [3.8, 4) is 5.75 Å². The first-order valence-corrected chi connectivity index (χ1v) is 13.2. The molecule has 0 radical (unpaired) electrons. The van der Waals surface area contributed by atoms with E-state index in [1.165, 1.54) is 4.68 Å². The van der Waals surface area contributed by atoms with E-state index in [0.717, 1.165) is 16.6 Å². The Labute approximate surface area is 233 Å². The van der Waals surface area contributed by atoms with Gasteiger partial charge in [-0.2, -0.15) is 9.78 Å². The van der Waals surface area contributed by atoms with Crippen molar-refractivity contribution in [2.45, 2.75) is 45.9 Å². The number of fused-ring (bicyclic) bond motifs is 1. The molecule has 4 rings (SSSR count). The van der Waals surface area contributed by atoms with Crippen LogP contribution in [0.15, 0.2) is 66.7 Å². The Morgan fingerprint density at radius 3 is 2.56 bits per heavy atom. The second kappa shape index (κ2) is 12.1. The van der Waals surface area contributed by atoms with Crippen LogP contribution in [-0.2, 0) is 11.3 Å². The lowest BCUT2D eigenvalue weighted by Gasteiger charge is -2.25. The second-order valence-corrected chi connectivity index (χ2v) is 10.9. The van der Waals surface area contributed by atoms with Crippen molar-refractivity contribution in [1.82, 2.24) is 14.7 Å². The fraction of sp³-hybridized carbons (Fsp3) is 0.333. The third-order valence-electron chi connectivity index (χ3n) is 6.16. The van der Waals surface area contributed by atoms with Crippen molar-refractivity contribution in [3.05, 3.63) is 88.6 Å².